The van der Waals surface area contributed by atoms with Crippen LogP contribution in [0, 0.1) is 17.8 Å². The maximum atomic E-state index is 15.0. The molecule has 3 aliphatic rings. The van der Waals surface area contributed by atoms with Crippen LogP contribution in [0.15, 0.2) is 79.9 Å². The molecule has 276 valence electrons. The molecule has 2 N–H and O–H groups in total. The first-order valence-electron chi connectivity index (χ1n) is 17.6. The Bertz CT molecular complexity index is 1820. The van der Waals surface area contributed by atoms with Crippen molar-refractivity contribution < 1.29 is 33.8 Å². The fraction of sp³-hybridized carbons (Fsp3) is 0.474. The molecule has 1 aromatic heterocycles. The van der Waals surface area contributed by atoms with Gasteiger partial charge in [-0.05, 0) is 36.5 Å². The van der Waals surface area contributed by atoms with Gasteiger partial charge in [-0.1, -0.05) is 89.6 Å². The van der Waals surface area contributed by atoms with E-state index in [1.165, 1.54) is 9.80 Å². The normalized spacial score (nSPS) is 25.9. The van der Waals surface area contributed by atoms with Gasteiger partial charge in [0.25, 0.3) is 0 Å². The summed E-state index contributed by atoms with van der Waals surface area (Å²) in [6, 6.07) is 14.6. The van der Waals surface area contributed by atoms with Crippen molar-refractivity contribution in [3.63, 3.8) is 0 Å². The van der Waals surface area contributed by atoms with Crippen LogP contribution in [0.1, 0.15) is 44.8 Å². The second-order valence-electron chi connectivity index (χ2n) is 13.9. The summed E-state index contributed by atoms with van der Waals surface area (Å²) in [5, 5.41) is 22.0. The van der Waals surface area contributed by atoms with Crippen LogP contribution >= 0.6 is 15.9 Å². The summed E-state index contributed by atoms with van der Waals surface area (Å²) in [6.07, 6.45) is 2.65. The molecule has 2 bridgehead atoms. The topological polar surface area (TPSA) is 156 Å². The minimum Gasteiger partial charge on any atom is -0.455 e. The number of aromatic nitrogens is 3. The molecule has 14 heteroatoms. The SMILES string of the molecule is C=CCCC(=O)NC[C@H](OC(=O)[C@H]1[C@@H]2O[C@@]3(CC2Br)[C@@H]1C(=O)N([C@@H](CO)C(C)C)[C@@H]3C(=O)N(CC=C)Cn1nnc2ccccc21)c1ccccc1. The van der Waals surface area contributed by atoms with Crippen molar-refractivity contribution in [2.24, 2.45) is 17.8 Å². The van der Waals surface area contributed by atoms with E-state index in [-0.39, 0.29) is 49.3 Å². The minimum absolute atomic E-state index is 0.0139. The summed E-state index contributed by atoms with van der Waals surface area (Å²) in [6.45, 7) is 11.0. The zero-order valence-corrected chi connectivity index (χ0v) is 30.9. The Morgan fingerprint density at radius 2 is 1.88 bits per heavy atom. The van der Waals surface area contributed by atoms with Gasteiger partial charge in [0, 0.05) is 17.8 Å². The lowest BCUT2D eigenvalue weighted by molar-refractivity contribution is -0.161. The summed E-state index contributed by atoms with van der Waals surface area (Å²) in [5.74, 6) is -4.11. The number of allylic oxidation sites excluding steroid dienone is 1. The van der Waals surface area contributed by atoms with Crippen molar-refractivity contribution in [3.8, 4) is 0 Å². The highest BCUT2D eigenvalue weighted by Gasteiger charge is 2.77. The number of likely N-dealkylation sites (tertiary alicyclic amines) is 1. The van der Waals surface area contributed by atoms with Crippen molar-refractivity contribution >= 4 is 50.7 Å². The van der Waals surface area contributed by atoms with Crippen LogP contribution in [0.3, 0.4) is 0 Å². The van der Waals surface area contributed by atoms with Crippen molar-refractivity contribution in [1.29, 1.82) is 0 Å². The molecule has 1 unspecified atom stereocenters. The van der Waals surface area contributed by atoms with Gasteiger partial charge in [-0.15, -0.1) is 18.3 Å². The molecule has 2 aromatic carbocycles. The van der Waals surface area contributed by atoms with Crippen LogP contribution in [0.25, 0.3) is 11.0 Å². The maximum absolute atomic E-state index is 15.0. The number of ether oxygens (including phenoxy) is 2. The molecule has 3 aromatic rings. The third-order valence-electron chi connectivity index (χ3n) is 10.4. The number of hydrogen-bond acceptors (Lipinski definition) is 9. The third kappa shape index (κ3) is 6.79. The van der Waals surface area contributed by atoms with Crippen LogP contribution in [-0.2, 0) is 35.3 Å². The van der Waals surface area contributed by atoms with E-state index in [0.717, 1.165) is 5.52 Å². The second kappa shape index (κ2) is 15.7. The van der Waals surface area contributed by atoms with Gasteiger partial charge in [-0.3, -0.25) is 19.2 Å². The first-order chi connectivity index (χ1) is 25.1. The Balaban J connectivity index is 1.35. The molecule has 52 heavy (non-hydrogen) atoms. The van der Waals surface area contributed by atoms with Crippen LogP contribution in [0.4, 0.5) is 0 Å². The number of para-hydroxylation sites is 1. The van der Waals surface area contributed by atoms with Crippen LogP contribution in [-0.4, -0.2) is 102 Å². The molecule has 3 fully saturated rings. The standard InChI is InChI=1S/C38H45BrN6O7/c1-5-7-17-30(47)40-20-29(24-13-9-8-10-14-24)51-37(50)31-32-35(48)45(28(21-46)23(3)4)34(38(32)19-25(39)33(31)52-38)36(49)43(18-6-2)22-44-27-16-12-11-15-26(27)41-42-44/h5-6,8-16,23,25,28-29,31-34,46H,1-2,7,17-22H2,3-4H3,(H,40,47)/t25?,28-,29-,31+,32-,33+,34+,38-/m0/s1. The van der Waals surface area contributed by atoms with Gasteiger partial charge in [0.1, 0.15) is 29.9 Å². The molecule has 13 nitrogen and oxygen atoms in total. The Hall–Kier alpha value is -4.40. The summed E-state index contributed by atoms with van der Waals surface area (Å²) in [7, 11) is 0. The number of nitrogens with zero attached hydrogens (tertiary/aromatic N) is 5. The van der Waals surface area contributed by atoms with E-state index in [2.05, 4.69) is 44.7 Å². The fourth-order valence-electron chi connectivity index (χ4n) is 7.97. The van der Waals surface area contributed by atoms with Crippen molar-refractivity contribution in [2.45, 2.75) is 74.5 Å². The average molecular weight is 778 g/mol. The van der Waals surface area contributed by atoms with Crippen LogP contribution in [0.5, 0.6) is 0 Å². The van der Waals surface area contributed by atoms with E-state index >= 15 is 0 Å². The lowest BCUT2D eigenvalue weighted by Gasteiger charge is -2.40. The summed E-state index contributed by atoms with van der Waals surface area (Å²) >= 11 is 3.72. The number of carbonyl (C=O) groups is 4. The van der Waals surface area contributed by atoms with Gasteiger partial charge in [-0.25, -0.2) is 4.68 Å². The number of benzene rings is 2. The zero-order valence-electron chi connectivity index (χ0n) is 29.3. The maximum Gasteiger partial charge on any atom is 0.313 e. The number of nitrogens with one attached hydrogen (secondary N) is 1. The number of esters is 1. The Labute approximate surface area is 311 Å². The first-order valence-corrected chi connectivity index (χ1v) is 18.5. The van der Waals surface area contributed by atoms with Gasteiger partial charge in [0.2, 0.25) is 17.7 Å². The van der Waals surface area contributed by atoms with Gasteiger partial charge in [-0.2, -0.15) is 0 Å². The number of aliphatic hydroxyl groups excluding tert-OH is 1. The van der Waals surface area contributed by atoms with E-state index in [9.17, 15) is 24.3 Å². The van der Waals surface area contributed by atoms with E-state index in [1.807, 2.05) is 56.3 Å². The number of amides is 3. The number of halogens is 1. The van der Waals surface area contributed by atoms with E-state index in [0.29, 0.717) is 17.5 Å². The molecular weight excluding hydrogens is 732 g/mol. The quantitative estimate of drug-likeness (QED) is 0.126. The highest BCUT2D eigenvalue weighted by Crippen LogP contribution is 2.61. The molecule has 4 heterocycles. The van der Waals surface area contributed by atoms with E-state index in [1.54, 1.807) is 29.0 Å². The van der Waals surface area contributed by atoms with Gasteiger partial charge in [0.05, 0.1) is 42.6 Å². The molecular formula is C38H45BrN6O7. The molecule has 3 saturated heterocycles. The largest absolute Gasteiger partial charge is 0.455 e. The van der Waals surface area contributed by atoms with Gasteiger partial charge in [0.15, 0.2) is 0 Å². The van der Waals surface area contributed by atoms with Gasteiger partial charge >= 0.3 is 5.97 Å². The van der Waals surface area contributed by atoms with E-state index in [4.69, 9.17) is 9.47 Å². The molecule has 0 aliphatic carbocycles. The smallest absolute Gasteiger partial charge is 0.313 e. The Morgan fingerprint density at radius 3 is 2.58 bits per heavy atom. The number of rotatable bonds is 16. The van der Waals surface area contributed by atoms with E-state index < -0.39 is 66.1 Å². The van der Waals surface area contributed by atoms with Crippen molar-refractivity contribution in [1.82, 2.24) is 30.1 Å². The average Bonchev–Trinajstić information content (AvgIpc) is 3.86. The van der Waals surface area contributed by atoms with Crippen LogP contribution < -0.4 is 5.32 Å². The third-order valence-corrected chi connectivity index (χ3v) is 11.3. The predicted molar refractivity (Wildman–Crippen MR) is 195 cm³/mol. The number of hydrogen-bond donors (Lipinski definition) is 2. The fourth-order valence-corrected chi connectivity index (χ4v) is 8.91. The minimum atomic E-state index is -1.40. The lowest BCUT2D eigenvalue weighted by Crippen LogP contribution is -2.60. The number of aliphatic hydroxyl groups is 1. The highest BCUT2D eigenvalue weighted by molar-refractivity contribution is 9.09. The summed E-state index contributed by atoms with van der Waals surface area (Å²) in [5.41, 5.74) is 0.657. The summed E-state index contributed by atoms with van der Waals surface area (Å²) < 4.78 is 14.5. The van der Waals surface area contributed by atoms with Crippen molar-refractivity contribution in [2.75, 3.05) is 19.7 Å². The molecule has 3 aliphatic heterocycles. The Morgan fingerprint density at radius 1 is 1.15 bits per heavy atom. The lowest BCUT2D eigenvalue weighted by atomic mass is 9.70. The second-order valence-corrected chi connectivity index (χ2v) is 15.1. The molecule has 3 amide bonds. The van der Waals surface area contributed by atoms with Crippen LogP contribution in [0.2, 0.25) is 0 Å². The highest BCUT2D eigenvalue weighted by atomic mass is 79.9. The number of fused-ring (bicyclic) bond motifs is 2. The molecule has 0 saturated carbocycles. The molecule has 6 rings (SSSR count). The van der Waals surface area contributed by atoms with Gasteiger partial charge < -0.3 is 29.7 Å². The molecule has 8 atom stereocenters. The number of alkyl halides is 1. The number of carbonyl (C=O) groups excluding carboxylic acids is 4. The predicted octanol–water partition coefficient (Wildman–Crippen LogP) is 3.54. The van der Waals surface area contributed by atoms with Crippen molar-refractivity contribution in [3.05, 3.63) is 85.5 Å². The molecule has 1 spiro atoms. The first kappa shape index (κ1) is 37.4. The Kier molecular flexibility index (Phi) is 11.3. The zero-order chi connectivity index (χ0) is 37.2. The summed E-state index contributed by atoms with van der Waals surface area (Å²) in [4.78, 5) is 59.3. The monoisotopic (exact) mass is 776 g/mol. The molecule has 0 radical (unpaired) electrons.